The molecule has 0 unspecified atom stereocenters. The molecule has 2 aromatic rings. The van der Waals surface area contributed by atoms with Gasteiger partial charge in [-0.25, -0.2) is 0 Å². The van der Waals surface area contributed by atoms with Crippen molar-refractivity contribution in [1.29, 1.82) is 0 Å². The Morgan fingerprint density at radius 3 is 2.47 bits per heavy atom. The second kappa shape index (κ2) is 5.30. The molecule has 0 bridgehead atoms. The van der Waals surface area contributed by atoms with E-state index in [4.69, 9.17) is 10.5 Å². The molecule has 0 aliphatic rings. The van der Waals surface area contributed by atoms with Crippen LogP contribution in [0.5, 0.6) is 11.5 Å². The van der Waals surface area contributed by atoms with E-state index in [2.05, 4.69) is 5.32 Å². The molecule has 0 saturated heterocycles. The van der Waals surface area contributed by atoms with Crippen LogP contribution >= 0.6 is 0 Å². The number of phenols is 1. The summed E-state index contributed by atoms with van der Waals surface area (Å²) in [7, 11) is 1.56. The molecule has 0 atom stereocenters. The predicted octanol–water partition coefficient (Wildman–Crippen LogP) is 2.24. The van der Waals surface area contributed by atoms with Crippen LogP contribution < -0.4 is 15.8 Å². The highest BCUT2D eigenvalue weighted by molar-refractivity contribution is 6.04. The van der Waals surface area contributed by atoms with E-state index in [1.54, 1.807) is 37.4 Å². The largest absolute Gasteiger partial charge is 0.506 e. The number of anilines is 2. The van der Waals surface area contributed by atoms with Crippen LogP contribution in [0, 0.1) is 0 Å². The standard InChI is InChI=1S/C14H14N2O3/c1-19-11-5-2-9(3-6-11)14(18)16-10-4-7-13(17)12(15)8-10/h2-8,17H,15H2,1H3,(H,16,18). The van der Waals surface area contributed by atoms with Gasteiger partial charge in [-0.15, -0.1) is 0 Å². The minimum absolute atomic E-state index is 0.0116. The lowest BCUT2D eigenvalue weighted by Crippen LogP contribution is -2.11. The quantitative estimate of drug-likeness (QED) is 0.448. The van der Waals surface area contributed by atoms with Crippen molar-refractivity contribution in [1.82, 2.24) is 0 Å². The first-order valence-corrected chi connectivity index (χ1v) is 5.64. The molecule has 0 fully saturated rings. The number of nitrogens with one attached hydrogen (secondary N) is 1. The van der Waals surface area contributed by atoms with Crippen LogP contribution in [0.2, 0.25) is 0 Å². The molecule has 4 N–H and O–H groups in total. The van der Waals surface area contributed by atoms with Gasteiger partial charge in [-0.2, -0.15) is 0 Å². The first kappa shape index (κ1) is 12.8. The molecule has 5 heteroatoms. The van der Waals surface area contributed by atoms with Gasteiger partial charge in [0.15, 0.2) is 0 Å². The fourth-order valence-electron chi connectivity index (χ4n) is 1.58. The fraction of sp³-hybridized carbons (Fsp3) is 0.0714. The summed E-state index contributed by atoms with van der Waals surface area (Å²) in [5.74, 6) is 0.417. The number of carbonyl (C=O) groups is 1. The number of hydrogen-bond donors (Lipinski definition) is 3. The molecule has 1 amide bonds. The molecule has 0 aromatic heterocycles. The van der Waals surface area contributed by atoms with Crippen LogP contribution in [0.4, 0.5) is 11.4 Å². The molecule has 0 aliphatic carbocycles. The van der Waals surface area contributed by atoms with Crippen LogP contribution in [0.1, 0.15) is 10.4 Å². The lowest BCUT2D eigenvalue weighted by Gasteiger charge is -2.07. The maximum atomic E-state index is 12.0. The Bertz CT molecular complexity index is 594. The van der Waals surface area contributed by atoms with E-state index in [9.17, 15) is 9.90 Å². The molecule has 0 heterocycles. The van der Waals surface area contributed by atoms with Gasteiger partial charge in [0.25, 0.3) is 5.91 Å². The summed E-state index contributed by atoms with van der Waals surface area (Å²) in [4.78, 5) is 12.0. The van der Waals surface area contributed by atoms with Crippen LogP contribution in [0.3, 0.4) is 0 Å². The van der Waals surface area contributed by atoms with Crippen LogP contribution in [0.25, 0.3) is 0 Å². The van der Waals surface area contributed by atoms with Gasteiger partial charge in [-0.3, -0.25) is 4.79 Å². The van der Waals surface area contributed by atoms with Gasteiger partial charge in [0.1, 0.15) is 11.5 Å². The third kappa shape index (κ3) is 2.95. The summed E-state index contributed by atoms with van der Waals surface area (Å²) in [6, 6.07) is 11.2. The number of rotatable bonds is 3. The van der Waals surface area contributed by atoms with Crippen molar-refractivity contribution in [2.75, 3.05) is 18.2 Å². The van der Waals surface area contributed by atoms with Crippen molar-refractivity contribution < 1.29 is 14.6 Å². The number of nitrogens with two attached hydrogens (primary N) is 1. The number of hydrogen-bond acceptors (Lipinski definition) is 4. The van der Waals surface area contributed by atoms with Crippen LogP contribution in [-0.2, 0) is 0 Å². The first-order chi connectivity index (χ1) is 9.10. The van der Waals surface area contributed by atoms with Crippen molar-refractivity contribution in [2.45, 2.75) is 0 Å². The van der Waals surface area contributed by atoms with Gasteiger partial charge >= 0.3 is 0 Å². The topological polar surface area (TPSA) is 84.6 Å². The highest BCUT2D eigenvalue weighted by Gasteiger charge is 2.07. The molecule has 98 valence electrons. The van der Waals surface area contributed by atoms with Gasteiger partial charge in [0.2, 0.25) is 0 Å². The monoisotopic (exact) mass is 258 g/mol. The molecule has 5 nitrogen and oxygen atoms in total. The van der Waals surface area contributed by atoms with Gasteiger partial charge < -0.3 is 20.9 Å². The summed E-state index contributed by atoms with van der Waals surface area (Å²) in [5, 5.41) is 12.0. The highest BCUT2D eigenvalue weighted by Crippen LogP contribution is 2.23. The zero-order valence-electron chi connectivity index (χ0n) is 10.4. The van der Waals surface area contributed by atoms with Gasteiger partial charge in [-0.1, -0.05) is 0 Å². The zero-order chi connectivity index (χ0) is 13.8. The number of methoxy groups -OCH3 is 1. The van der Waals surface area contributed by atoms with E-state index in [1.165, 1.54) is 12.1 Å². The van der Waals surface area contributed by atoms with E-state index in [1.807, 2.05) is 0 Å². The summed E-state index contributed by atoms with van der Waals surface area (Å²) >= 11 is 0. The zero-order valence-corrected chi connectivity index (χ0v) is 10.4. The minimum atomic E-state index is -0.257. The fourth-order valence-corrected chi connectivity index (χ4v) is 1.58. The SMILES string of the molecule is COc1ccc(C(=O)Nc2ccc(O)c(N)c2)cc1. The summed E-state index contributed by atoms with van der Waals surface area (Å²) in [6.07, 6.45) is 0. The molecule has 2 aromatic carbocycles. The maximum absolute atomic E-state index is 12.0. The van der Waals surface area contributed by atoms with Crippen molar-refractivity contribution >= 4 is 17.3 Å². The summed E-state index contributed by atoms with van der Waals surface area (Å²) in [5.41, 5.74) is 6.80. The lowest BCUT2D eigenvalue weighted by molar-refractivity contribution is 0.102. The van der Waals surface area contributed by atoms with Crippen molar-refractivity contribution in [3.8, 4) is 11.5 Å². The first-order valence-electron chi connectivity index (χ1n) is 5.64. The Morgan fingerprint density at radius 2 is 1.89 bits per heavy atom. The number of carbonyl (C=O) groups excluding carboxylic acids is 1. The Morgan fingerprint density at radius 1 is 1.21 bits per heavy atom. The second-order valence-electron chi connectivity index (χ2n) is 3.96. The highest BCUT2D eigenvalue weighted by atomic mass is 16.5. The van der Waals surface area contributed by atoms with E-state index >= 15 is 0 Å². The molecule has 0 radical (unpaired) electrons. The summed E-state index contributed by atoms with van der Waals surface area (Å²) in [6.45, 7) is 0. The minimum Gasteiger partial charge on any atom is -0.506 e. The Balaban J connectivity index is 2.13. The number of ether oxygens (including phenoxy) is 1. The van der Waals surface area contributed by atoms with Crippen molar-refractivity contribution in [3.05, 3.63) is 48.0 Å². The second-order valence-corrected chi connectivity index (χ2v) is 3.96. The average Bonchev–Trinajstić information content (AvgIpc) is 2.43. The predicted molar refractivity (Wildman–Crippen MR) is 73.5 cm³/mol. The van der Waals surface area contributed by atoms with Gasteiger partial charge in [-0.05, 0) is 42.5 Å². The third-order valence-corrected chi connectivity index (χ3v) is 2.64. The molecule has 0 saturated carbocycles. The number of aromatic hydroxyl groups is 1. The van der Waals surface area contributed by atoms with E-state index in [-0.39, 0.29) is 17.3 Å². The molecule has 0 aliphatic heterocycles. The normalized spacial score (nSPS) is 9.95. The molecule has 0 spiro atoms. The molecular weight excluding hydrogens is 244 g/mol. The smallest absolute Gasteiger partial charge is 0.255 e. The Hall–Kier alpha value is -2.69. The maximum Gasteiger partial charge on any atom is 0.255 e. The van der Waals surface area contributed by atoms with E-state index in [0.717, 1.165) is 0 Å². The van der Waals surface area contributed by atoms with Gasteiger partial charge in [0, 0.05) is 11.3 Å². The number of amides is 1. The average molecular weight is 258 g/mol. The Labute approximate surface area is 110 Å². The Kier molecular flexibility index (Phi) is 3.56. The molecule has 19 heavy (non-hydrogen) atoms. The molecular formula is C14H14N2O3. The van der Waals surface area contributed by atoms with Crippen molar-refractivity contribution in [3.63, 3.8) is 0 Å². The van der Waals surface area contributed by atoms with E-state index < -0.39 is 0 Å². The third-order valence-electron chi connectivity index (χ3n) is 2.64. The van der Waals surface area contributed by atoms with Crippen molar-refractivity contribution in [2.24, 2.45) is 0 Å². The van der Waals surface area contributed by atoms with E-state index in [0.29, 0.717) is 17.0 Å². The molecule has 2 rings (SSSR count). The number of phenolic OH excluding ortho intramolecular Hbond substituents is 1. The number of benzene rings is 2. The summed E-state index contributed by atoms with van der Waals surface area (Å²) < 4.78 is 5.02. The van der Waals surface area contributed by atoms with Crippen LogP contribution in [0.15, 0.2) is 42.5 Å². The number of nitrogen functional groups attached to an aromatic ring is 1. The van der Waals surface area contributed by atoms with Crippen LogP contribution in [-0.4, -0.2) is 18.1 Å². The van der Waals surface area contributed by atoms with Gasteiger partial charge in [0.05, 0.1) is 12.8 Å². The lowest BCUT2D eigenvalue weighted by atomic mass is 10.2.